The number of carbonyl (C=O) groups is 2. The topological polar surface area (TPSA) is 67.9 Å². The van der Waals surface area contributed by atoms with E-state index in [0.717, 1.165) is 16.0 Å². The van der Waals surface area contributed by atoms with Gasteiger partial charge < -0.3 is 19.7 Å². The Kier molecular flexibility index (Phi) is 7.04. The number of hydrogen-bond donors (Lipinski definition) is 1. The number of benzene rings is 2. The Hall–Kier alpha value is -2.67. The third-order valence-electron chi connectivity index (χ3n) is 4.59. The van der Waals surface area contributed by atoms with E-state index in [-0.39, 0.29) is 18.4 Å². The lowest BCUT2D eigenvalue weighted by atomic mass is 10.2. The first-order valence-corrected chi connectivity index (χ1v) is 10.6. The van der Waals surface area contributed by atoms with Crippen LogP contribution in [-0.4, -0.2) is 48.8 Å². The predicted octanol–water partition coefficient (Wildman–Crippen LogP) is 3.65. The summed E-state index contributed by atoms with van der Waals surface area (Å²) < 4.78 is 11.0. The van der Waals surface area contributed by atoms with Gasteiger partial charge in [0, 0.05) is 23.2 Å². The average Bonchev–Trinajstić information content (AvgIpc) is 2.72. The first kappa shape index (κ1) is 21.0. The molecular weight excluding hydrogens is 388 g/mol. The van der Waals surface area contributed by atoms with E-state index in [2.05, 4.69) is 23.5 Å². The van der Waals surface area contributed by atoms with Gasteiger partial charge in [-0.2, -0.15) is 0 Å². The maximum Gasteiger partial charge on any atom is 0.243 e. The molecule has 2 amide bonds. The maximum absolute atomic E-state index is 12.6. The number of rotatable bonds is 7. The number of likely N-dealkylation sites (N-methyl/N-ethyl adjacent to an activating group) is 1. The molecule has 0 aliphatic carbocycles. The molecule has 0 saturated carbocycles. The average molecular weight is 415 g/mol. The minimum absolute atomic E-state index is 0.0110. The summed E-state index contributed by atoms with van der Waals surface area (Å²) in [7, 11) is 0. The molecule has 0 atom stereocenters. The van der Waals surface area contributed by atoms with Crippen molar-refractivity contribution in [1.82, 2.24) is 4.90 Å². The molecule has 1 aliphatic heterocycles. The molecular formula is C22H26N2O4S. The molecule has 0 radical (unpaired) electrons. The van der Waals surface area contributed by atoms with Crippen LogP contribution >= 0.6 is 11.8 Å². The van der Waals surface area contributed by atoms with Crippen molar-refractivity contribution in [2.75, 3.05) is 37.4 Å². The van der Waals surface area contributed by atoms with Crippen LogP contribution in [0.2, 0.25) is 0 Å². The summed E-state index contributed by atoms with van der Waals surface area (Å²) in [5.41, 5.74) is 2.93. The second kappa shape index (κ2) is 9.69. The minimum atomic E-state index is -0.242. The van der Waals surface area contributed by atoms with Gasteiger partial charge in [-0.15, -0.1) is 11.8 Å². The normalized spacial score (nSPS) is 12.4. The number of thioether (sulfide) groups is 1. The molecule has 1 aliphatic rings. The van der Waals surface area contributed by atoms with Gasteiger partial charge >= 0.3 is 0 Å². The molecule has 6 nitrogen and oxygen atoms in total. The fourth-order valence-electron chi connectivity index (χ4n) is 2.96. The van der Waals surface area contributed by atoms with Crippen molar-refractivity contribution >= 4 is 29.3 Å². The number of anilines is 1. The lowest BCUT2D eigenvalue weighted by Crippen LogP contribution is -2.38. The Labute approximate surface area is 175 Å². The Morgan fingerprint density at radius 3 is 2.59 bits per heavy atom. The van der Waals surface area contributed by atoms with E-state index in [1.165, 1.54) is 11.8 Å². The highest BCUT2D eigenvalue weighted by atomic mass is 32.2. The van der Waals surface area contributed by atoms with Crippen molar-refractivity contribution in [3.63, 3.8) is 0 Å². The van der Waals surface area contributed by atoms with Gasteiger partial charge in [0.05, 0.1) is 12.3 Å². The number of amides is 2. The zero-order valence-electron chi connectivity index (χ0n) is 17.0. The zero-order chi connectivity index (χ0) is 20.8. The summed E-state index contributed by atoms with van der Waals surface area (Å²) in [6, 6.07) is 11.5. The molecule has 0 saturated heterocycles. The largest absolute Gasteiger partial charge is 0.486 e. The van der Waals surface area contributed by atoms with Gasteiger partial charge in [-0.25, -0.2) is 0 Å². The summed E-state index contributed by atoms with van der Waals surface area (Å²) in [5.74, 6) is 1.28. The smallest absolute Gasteiger partial charge is 0.243 e. The Balaban J connectivity index is 1.55. The van der Waals surface area contributed by atoms with Gasteiger partial charge in [0.25, 0.3) is 0 Å². The van der Waals surface area contributed by atoms with Crippen molar-refractivity contribution in [2.24, 2.45) is 0 Å². The standard InChI is InChI=1S/C22H26N2O4S/c1-4-24(22(26)14-29-20-11-15(2)5-6-16(20)3)13-21(25)23-17-7-8-18-19(12-17)28-10-9-27-18/h5-8,11-12H,4,9-10,13-14H2,1-3H3,(H,23,25). The Morgan fingerprint density at radius 2 is 1.83 bits per heavy atom. The molecule has 0 fully saturated rings. The lowest BCUT2D eigenvalue weighted by Gasteiger charge is -2.21. The van der Waals surface area contributed by atoms with Crippen LogP contribution in [0, 0.1) is 13.8 Å². The van der Waals surface area contributed by atoms with Crippen LogP contribution < -0.4 is 14.8 Å². The Morgan fingerprint density at radius 1 is 1.07 bits per heavy atom. The third kappa shape index (κ3) is 5.67. The van der Waals surface area contributed by atoms with Gasteiger partial charge in [-0.3, -0.25) is 9.59 Å². The highest BCUT2D eigenvalue weighted by Crippen LogP contribution is 2.32. The van der Waals surface area contributed by atoms with Gasteiger partial charge in [-0.05, 0) is 44.5 Å². The minimum Gasteiger partial charge on any atom is -0.486 e. The zero-order valence-corrected chi connectivity index (χ0v) is 17.8. The molecule has 1 heterocycles. The van der Waals surface area contributed by atoms with Crippen molar-refractivity contribution in [3.8, 4) is 11.5 Å². The number of aryl methyl sites for hydroxylation is 2. The maximum atomic E-state index is 12.6. The van der Waals surface area contributed by atoms with Crippen LogP contribution in [0.1, 0.15) is 18.1 Å². The highest BCUT2D eigenvalue weighted by molar-refractivity contribution is 8.00. The van der Waals surface area contributed by atoms with Crippen molar-refractivity contribution < 1.29 is 19.1 Å². The fraction of sp³-hybridized carbons (Fsp3) is 0.364. The predicted molar refractivity (Wildman–Crippen MR) is 115 cm³/mol. The number of hydrogen-bond acceptors (Lipinski definition) is 5. The summed E-state index contributed by atoms with van der Waals surface area (Å²) in [4.78, 5) is 27.7. The molecule has 0 bridgehead atoms. The number of fused-ring (bicyclic) bond motifs is 1. The lowest BCUT2D eigenvalue weighted by molar-refractivity contribution is -0.132. The Bertz CT molecular complexity index is 900. The summed E-state index contributed by atoms with van der Waals surface area (Å²) >= 11 is 1.51. The van der Waals surface area contributed by atoms with Gasteiger partial charge in [-0.1, -0.05) is 17.7 Å². The summed E-state index contributed by atoms with van der Waals surface area (Å²) in [5, 5.41) is 2.83. The van der Waals surface area contributed by atoms with E-state index >= 15 is 0 Å². The van der Waals surface area contributed by atoms with Crippen molar-refractivity contribution in [1.29, 1.82) is 0 Å². The quantitative estimate of drug-likeness (QED) is 0.701. The first-order valence-electron chi connectivity index (χ1n) is 9.63. The van der Waals surface area contributed by atoms with Crippen LogP contribution in [0.15, 0.2) is 41.3 Å². The van der Waals surface area contributed by atoms with Crippen molar-refractivity contribution in [3.05, 3.63) is 47.5 Å². The van der Waals surface area contributed by atoms with Gasteiger partial charge in [0.2, 0.25) is 11.8 Å². The molecule has 1 N–H and O–H groups in total. The van der Waals surface area contributed by atoms with E-state index < -0.39 is 0 Å². The van der Waals surface area contributed by atoms with Crippen LogP contribution in [0.5, 0.6) is 11.5 Å². The number of nitrogens with zero attached hydrogens (tertiary/aromatic N) is 1. The summed E-state index contributed by atoms with van der Waals surface area (Å²) in [6.07, 6.45) is 0. The van der Waals surface area contributed by atoms with E-state index in [0.29, 0.717) is 42.7 Å². The highest BCUT2D eigenvalue weighted by Gasteiger charge is 2.18. The summed E-state index contributed by atoms with van der Waals surface area (Å²) in [6.45, 7) is 7.43. The van der Waals surface area contributed by atoms with Crippen LogP contribution in [0.3, 0.4) is 0 Å². The molecule has 7 heteroatoms. The van der Waals surface area contributed by atoms with Crippen LogP contribution in [0.4, 0.5) is 5.69 Å². The monoisotopic (exact) mass is 414 g/mol. The number of nitrogens with one attached hydrogen (secondary N) is 1. The second-order valence-corrected chi connectivity index (χ2v) is 7.89. The molecule has 29 heavy (non-hydrogen) atoms. The third-order valence-corrected chi connectivity index (χ3v) is 5.73. The SMILES string of the molecule is CCN(CC(=O)Nc1ccc2c(c1)OCCO2)C(=O)CSc1cc(C)ccc1C. The van der Waals surface area contributed by atoms with Crippen molar-refractivity contribution in [2.45, 2.75) is 25.7 Å². The van der Waals surface area contributed by atoms with Crippen LogP contribution in [0.25, 0.3) is 0 Å². The van der Waals surface area contributed by atoms with E-state index in [4.69, 9.17) is 9.47 Å². The molecule has 154 valence electrons. The van der Waals surface area contributed by atoms with E-state index in [1.54, 1.807) is 23.1 Å². The molecule has 0 unspecified atom stereocenters. The molecule has 2 aromatic carbocycles. The molecule has 2 aromatic rings. The molecule has 0 aromatic heterocycles. The molecule has 0 spiro atoms. The molecule has 3 rings (SSSR count). The van der Waals surface area contributed by atoms with E-state index in [9.17, 15) is 9.59 Å². The van der Waals surface area contributed by atoms with Gasteiger partial charge in [0.15, 0.2) is 11.5 Å². The van der Waals surface area contributed by atoms with Crippen LogP contribution in [-0.2, 0) is 9.59 Å². The number of ether oxygens (including phenoxy) is 2. The fourth-order valence-corrected chi connectivity index (χ4v) is 3.99. The van der Waals surface area contributed by atoms with Gasteiger partial charge in [0.1, 0.15) is 13.2 Å². The number of carbonyl (C=O) groups excluding carboxylic acids is 2. The second-order valence-electron chi connectivity index (χ2n) is 6.87. The van der Waals surface area contributed by atoms with E-state index in [1.807, 2.05) is 20.8 Å². The first-order chi connectivity index (χ1) is 14.0.